The highest BCUT2D eigenvalue weighted by Gasteiger charge is 2.10. The second-order valence-electron chi connectivity index (χ2n) is 4.31. The van der Waals surface area contributed by atoms with Crippen LogP contribution in [0, 0.1) is 5.82 Å². The van der Waals surface area contributed by atoms with E-state index in [0.29, 0.717) is 0 Å². The van der Waals surface area contributed by atoms with E-state index >= 15 is 0 Å². The molecule has 0 atom stereocenters. The molecule has 0 saturated heterocycles. The molecule has 0 bridgehead atoms. The zero-order chi connectivity index (χ0) is 13.7. The quantitative estimate of drug-likeness (QED) is 0.894. The molecule has 1 aromatic carbocycles. The number of benzene rings is 1. The fourth-order valence-corrected chi connectivity index (χ4v) is 1.94. The molecule has 0 aliphatic heterocycles. The Morgan fingerprint density at radius 2 is 2.11 bits per heavy atom. The van der Waals surface area contributed by atoms with Crippen molar-refractivity contribution < 1.29 is 4.39 Å². The lowest BCUT2D eigenvalue weighted by atomic mass is 10.2. The van der Waals surface area contributed by atoms with E-state index in [1.165, 1.54) is 12.1 Å². The topological polar surface area (TPSA) is 28.2 Å². The van der Waals surface area contributed by atoms with Crippen molar-refractivity contribution in [3.05, 3.63) is 54.0 Å². The van der Waals surface area contributed by atoms with Crippen molar-refractivity contribution in [1.82, 2.24) is 10.3 Å². The lowest BCUT2D eigenvalue weighted by Crippen LogP contribution is -2.18. The highest BCUT2D eigenvalue weighted by atomic mass is 19.1. The minimum atomic E-state index is -0.242. The van der Waals surface area contributed by atoms with Crippen molar-refractivity contribution in [1.29, 1.82) is 0 Å². The molecular weight excluding hydrogens is 241 g/mol. The first-order valence-electron chi connectivity index (χ1n) is 6.36. The van der Waals surface area contributed by atoms with Crippen molar-refractivity contribution in [2.45, 2.75) is 13.5 Å². The van der Waals surface area contributed by atoms with E-state index in [-0.39, 0.29) is 5.82 Å². The first kappa shape index (κ1) is 13.5. The highest BCUT2D eigenvalue weighted by Crippen LogP contribution is 2.25. The van der Waals surface area contributed by atoms with Gasteiger partial charge in [0.05, 0.1) is 0 Å². The number of aromatic nitrogens is 1. The smallest absolute Gasteiger partial charge is 0.137 e. The number of anilines is 2. The van der Waals surface area contributed by atoms with Crippen LogP contribution < -0.4 is 10.2 Å². The molecule has 0 aliphatic carbocycles. The normalized spacial score (nSPS) is 10.5. The van der Waals surface area contributed by atoms with Gasteiger partial charge in [0.2, 0.25) is 0 Å². The summed E-state index contributed by atoms with van der Waals surface area (Å²) < 4.78 is 13.3. The van der Waals surface area contributed by atoms with Gasteiger partial charge in [0.25, 0.3) is 0 Å². The summed E-state index contributed by atoms with van der Waals surface area (Å²) in [6.07, 6.45) is 1.75. The highest BCUT2D eigenvalue weighted by molar-refractivity contribution is 5.61. The lowest BCUT2D eigenvalue weighted by molar-refractivity contribution is 0.628. The lowest BCUT2D eigenvalue weighted by Gasteiger charge is -2.21. The van der Waals surface area contributed by atoms with Gasteiger partial charge in [-0.25, -0.2) is 9.37 Å². The molecule has 19 heavy (non-hydrogen) atoms. The van der Waals surface area contributed by atoms with Gasteiger partial charge < -0.3 is 10.2 Å². The van der Waals surface area contributed by atoms with Crippen LogP contribution in [0.4, 0.5) is 15.9 Å². The van der Waals surface area contributed by atoms with Crippen LogP contribution in [-0.2, 0) is 6.54 Å². The molecule has 1 N–H and O–H groups in total. The first-order chi connectivity index (χ1) is 9.22. The minimum absolute atomic E-state index is 0.242. The Hall–Kier alpha value is -1.94. The van der Waals surface area contributed by atoms with Crippen molar-refractivity contribution in [2.75, 3.05) is 18.5 Å². The Balaban J connectivity index is 2.30. The zero-order valence-electron chi connectivity index (χ0n) is 11.2. The van der Waals surface area contributed by atoms with Crippen LogP contribution in [0.15, 0.2) is 42.6 Å². The van der Waals surface area contributed by atoms with Gasteiger partial charge >= 0.3 is 0 Å². The fraction of sp³-hybridized carbons (Fsp3) is 0.267. The Morgan fingerprint density at radius 1 is 1.26 bits per heavy atom. The van der Waals surface area contributed by atoms with Crippen LogP contribution >= 0.6 is 0 Å². The molecule has 3 nitrogen and oxygen atoms in total. The molecule has 0 aliphatic rings. The Kier molecular flexibility index (Phi) is 4.47. The molecule has 0 spiro atoms. The van der Waals surface area contributed by atoms with E-state index in [0.717, 1.165) is 30.2 Å². The molecule has 100 valence electrons. The predicted octanol–water partition coefficient (Wildman–Crippen LogP) is 3.10. The van der Waals surface area contributed by atoms with E-state index in [1.54, 1.807) is 12.3 Å². The van der Waals surface area contributed by atoms with Gasteiger partial charge in [-0.2, -0.15) is 0 Å². The summed E-state index contributed by atoms with van der Waals surface area (Å²) in [6, 6.07) is 10.5. The second-order valence-corrected chi connectivity index (χ2v) is 4.31. The molecule has 2 rings (SSSR count). The van der Waals surface area contributed by atoms with Gasteiger partial charge in [0.1, 0.15) is 11.6 Å². The van der Waals surface area contributed by atoms with E-state index < -0.39 is 0 Å². The summed E-state index contributed by atoms with van der Waals surface area (Å²) in [7, 11) is 1.90. The Bertz CT molecular complexity index is 542. The van der Waals surface area contributed by atoms with Crippen LogP contribution in [-0.4, -0.2) is 18.6 Å². The minimum Gasteiger partial charge on any atom is -0.329 e. The Labute approximate surface area is 113 Å². The van der Waals surface area contributed by atoms with Crippen LogP contribution in [0.5, 0.6) is 0 Å². The predicted molar refractivity (Wildman–Crippen MR) is 76.1 cm³/mol. The molecule has 0 amide bonds. The summed E-state index contributed by atoms with van der Waals surface area (Å²) in [4.78, 5) is 6.30. The average molecular weight is 259 g/mol. The summed E-state index contributed by atoms with van der Waals surface area (Å²) in [5.41, 5.74) is 1.88. The largest absolute Gasteiger partial charge is 0.329 e. The van der Waals surface area contributed by atoms with E-state index in [1.807, 2.05) is 30.1 Å². The van der Waals surface area contributed by atoms with Gasteiger partial charge in [0.15, 0.2) is 0 Å². The van der Waals surface area contributed by atoms with Crippen molar-refractivity contribution in [3.8, 4) is 0 Å². The van der Waals surface area contributed by atoms with Crippen molar-refractivity contribution in [2.24, 2.45) is 0 Å². The van der Waals surface area contributed by atoms with Gasteiger partial charge in [-0.15, -0.1) is 0 Å². The van der Waals surface area contributed by atoms with Crippen molar-refractivity contribution in [3.63, 3.8) is 0 Å². The summed E-state index contributed by atoms with van der Waals surface area (Å²) in [5, 5.41) is 3.28. The molecule has 0 radical (unpaired) electrons. The number of hydrogen-bond acceptors (Lipinski definition) is 3. The average Bonchev–Trinajstić information content (AvgIpc) is 2.44. The van der Waals surface area contributed by atoms with Gasteiger partial charge in [-0.1, -0.05) is 19.1 Å². The number of pyridine rings is 1. The molecule has 4 heteroatoms. The Morgan fingerprint density at radius 3 is 2.84 bits per heavy atom. The maximum Gasteiger partial charge on any atom is 0.137 e. The van der Waals surface area contributed by atoms with Crippen LogP contribution in [0.25, 0.3) is 0 Å². The number of rotatable bonds is 5. The fourth-order valence-electron chi connectivity index (χ4n) is 1.94. The molecule has 1 aromatic heterocycles. The third-order valence-corrected chi connectivity index (χ3v) is 2.95. The van der Waals surface area contributed by atoms with E-state index in [2.05, 4.69) is 17.2 Å². The third-order valence-electron chi connectivity index (χ3n) is 2.95. The summed E-state index contributed by atoms with van der Waals surface area (Å²) in [5.74, 6) is 0.600. The van der Waals surface area contributed by atoms with Gasteiger partial charge in [0, 0.05) is 31.0 Å². The van der Waals surface area contributed by atoms with Crippen LogP contribution in [0.1, 0.15) is 12.5 Å². The third kappa shape index (κ3) is 3.29. The monoisotopic (exact) mass is 259 g/mol. The first-order valence-corrected chi connectivity index (χ1v) is 6.36. The second kappa shape index (κ2) is 6.29. The molecule has 0 fully saturated rings. The zero-order valence-corrected chi connectivity index (χ0v) is 11.2. The van der Waals surface area contributed by atoms with Gasteiger partial charge in [-0.05, 0) is 30.8 Å². The molecule has 0 unspecified atom stereocenters. The standard InChI is InChI=1S/C15H18FN3/c1-3-17-11-12-6-5-9-18-15(12)19(2)14-8-4-7-13(16)10-14/h4-10,17H,3,11H2,1-2H3. The van der Waals surface area contributed by atoms with Crippen LogP contribution in [0.3, 0.4) is 0 Å². The molecular formula is C15H18FN3. The number of nitrogens with one attached hydrogen (secondary N) is 1. The van der Waals surface area contributed by atoms with Crippen LogP contribution in [0.2, 0.25) is 0 Å². The maximum atomic E-state index is 13.3. The SMILES string of the molecule is CCNCc1cccnc1N(C)c1cccc(F)c1. The number of nitrogens with zero attached hydrogens (tertiary/aromatic N) is 2. The molecule has 2 aromatic rings. The summed E-state index contributed by atoms with van der Waals surface area (Å²) in [6.45, 7) is 3.71. The van der Waals surface area contributed by atoms with Gasteiger partial charge in [-0.3, -0.25) is 0 Å². The van der Waals surface area contributed by atoms with E-state index in [9.17, 15) is 4.39 Å². The molecule has 1 heterocycles. The number of halogens is 1. The van der Waals surface area contributed by atoms with E-state index in [4.69, 9.17) is 0 Å². The summed E-state index contributed by atoms with van der Waals surface area (Å²) >= 11 is 0. The van der Waals surface area contributed by atoms with Crippen molar-refractivity contribution >= 4 is 11.5 Å². The number of hydrogen-bond donors (Lipinski definition) is 1. The molecule has 0 saturated carbocycles. The maximum absolute atomic E-state index is 13.3.